The van der Waals surface area contributed by atoms with Crippen LogP contribution in [0, 0.1) is 0 Å². The first kappa shape index (κ1) is 16.8. The zero-order valence-electron chi connectivity index (χ0n) is 13.7. The first-order valence-corrected chi connectivity index (χ1v) is 8.90. The highest BCUT2D eigenvalue weighted by Gasteiger charge is 2.14. The molecule has 0 aliphatic carbocycles. The molecular formula is C22H14Cl2N2. The number of hydrogen-bond acceptors (Lipinski definition) is 2. The van der Waals surface area contributed by atoms with E-state index < -0.39 is 0 Å². The number of halogens is 2. The van der Waals surface area contributed by atoms with Crippen molar-refractivity contribution in [3.05, 3.63) is 105 Å². The van der Waals surface area contributed by atoms with Crippen LogP contribution in [-0.4, -0.2) is 11.9 Å². The van der Waals surface area contributed by atoms with Gasteiger partial charge in [-0.1, -0.05) is 65.7 Å². The van der Waals surface area contributed by atoms with Gasteiger partial charge in [0.25, 0.3) is 0 Å². The van der Waals surface area contributed by atoms with E-state index in [9.17, 15) is 0 Å². The number of nitrogens with zero attached hydrogens (tertiary/aromatic N) is 2. The molecule has 1 heterocycles. The average molecular weight is 377 g/mol. The lowest BCUT2D eigenvalue weighted by molar-refractivity contribution is 1.45. The number of fused-ring (bicyclic) bond motifs is 1. The third-order valence-corrected chi connectivity index (χ3v) is 4.55. The molecular weight excluding hydrogens is 363 g/mol. The molecule has 0 amide bonds. The van der Waals surface area contributed by atoms with E-state index >= 15 is 0 Å². The van der Waals surface area contributed by atoms with Crippen molar-refractivity contribution in [3.63, 3.8) is 0 Å². The van der Waals surface area contributed by atoms with Crippen LogP contribution in [0.5, 0.6) is 0 Å². The van der Waals surface area contributed by atoms with Crippen LogP contribution in [0.25, 0.3) is 6.08 Å². The molecule has 0 saturated carbocycles. The summed E-state index contributed by atoms with van der Waals surface area (Å²) in [5.41, 5.74) is 5.43. The van der Waals surface area contributed by atoms with Crippen LogP contribution < -0.4 is 0 Å². The summed E-state index contributed by atoms with van der Waals surface area (Å²) < 4.78 is 0. The monoisotopic (exact) mass is 376 g/mol. The van der Waals surface area contributed by atoms with Crippen LogP contribution in [0.3, 0.4) is 0 Å². The van der Waals surface area contributed by atoms with E-state index in [-0.39, 0.29) is 0 Å². The van der Waals surface area contributed by atoms with E-state index in [2.05, 4.69) is 0 Å². The molecule has 1 aliphatic heterocycles. The third-order valence-electron chi connectivity index (χ3n) is 4.05. The molecule has 0 N–H and O–H groups in total. The Balaban J connectivity index is 1.88. The topological polar surface area (TPSA) is 24.7 Å². The van der Waals surface area contributed by atoms with Crippen molar-refractivity contribution in [2.24, 2.45) is 9.98 Å². The van der Waals surface area contributed by atoms with E-state index in [4.69, 9.17) is 33.2 Å². The molecule has 0 saturated heterocycles. The summed E-state index contributed by atoms with van der Waals surface area (Å²) in [6.07, 6.45) is 3.86. The van der Waals surface area contributed by atoms with Gasteiger partial charge in [-0.2, -0.15) is 0 Å². The van der Waals surface area contributed by atoms with Gasteiger partial charge in [0.05, 0.1) is 17.1 Å². The second-order valence-corrected chi connectivity index (χ2v) is 6.74. The number of rotatable bonds is 2. The van der Waals surface area contributed by atoms with E-state index in [1.54, 1.807) is 0 Å². The highest BCUT2D eigenvalue weighted by molar-refractivity contribution is 6.31. The fourth-order valence-electron chi connectivity index (χ4n) is 2.72. The van der Waals surface area contributed by atoms with Gasteiger partial charge >= 0.3 is 0 Å². The molecule has 0 radical (unpaired) electrons. The number of aliphatic imine (C=N–C) groups is 2. The number of para-hydroxylation sites is 1. The molecule has 0 spiro atoms. The van der Waals surface area contributed by atoms with E-state index in [0.717, 1.165) is 33.8 Å². The zero-order valence-corrected chi connectivity index (χ0v) is 15.2. The first-order chi connectivity index (χ1) is 12.7. The Kier molecular flexibility index (Phi) is 4.70. The van der Waals surface area contributed by atoms with Crippen LogP contribution in [-0.2, 0) is 0 Å². The van der Waals surface area contributed by atoms with Crippen molar-refractivity contribution in [3.8, 4) is 0 Å². The van der Waals surface area contributed by atoms with Crippen molar-refractivity contribution in [1.29, 1.82) is 0 Å². The second kappa shape index (κ2) is 7.28. The lowest BCUT2D eigenvalue weighted by Crippen LogP contribution is -2.03. The smallest absolute Gasteiger partial charge is 0.0966 e. The molecule has 126 valence electrons. The SMILES string of the molecule is Clc1ccc(/C=C2\N=Cc3ccccc3N=C2c2ccc(Cl)cc2)cc1. The standard InChI is InChI=1S/C22H14Cl2N2/c23-18-9-5-15(6-10-18)13-21-22(16-7-11-19(24)12-8-16)26-20-4-2-1-3-17(20)14-25-21/h1-14H/b21-13-. The van der Waals surface area contributed by atoms with E-state index in [0.29, 0.717) is 10.0 Å². The van der Waals surface area contributed by atoms with Gasteiger partial charge in [0.2, 0.25) is 0 Å². The van der Waals surface area contributed by atoms with Gasteiger partial charge in [-0.25, -0.2) is 4.99 Å². The van der Waals surface area contributed by atoms with Gasteiger partial charge in [0, 0.05) is 27.4 Å². The lowest BCUT2D eigenvalue weighted by atomic mass is 10.0. The van der Waals surface area contributed by atoms with Gasteiger partial charge in [-0.05, 0) is 42.0 Å². The third kappa shape index (κ3) is 3.62. The van der Waals surface area contributed by atoms with Gasteiger partial charge in [-0.15, -0.1) is 0 Å². The average Bonchev–Trinajstić information content (AvgIpc) is 2.84. The van der Waals surface area contributed by atoms with E-state index in [1.165, 1.54) is 0 Å². The summed E-state index contributed by atoms with van der Waals surface area (Å²) in [5, 5.41) is 1.39. The predicted octanol–water partition coefficient (Wildman–Crippen LogP) is 6.59. The minimum Gasteiger partial charge on any atom is -0.254 e. The molecule has 0 atom stereocenters. The Morgan fingerprint density at radius 2 is 1.38 bits per heavy atom. The molecule has 2 nitrogen and oxygen atoms in total. The Hall–Kier alpha value is -2.68. The minimum absolute atomic E-state index is 0.690. The van der Waals surface area contributed by atoms with Gasteiger partial charge in [0.15, 0.2) is 0 Å². The van der Waals surface area contributed by atoms with Crippen LogP contribution in [0.2, 0.25) is 10.0 Å². The second-order valence-electron chi connectivity index (χ2n) is 5.87. The minimum atomic E-state index is 0.690. The van der Waals surface area contributed by atoms with Crippen molar-refractivity contribution >= 4 is 46.9 Å². The van der Waals surface area contributed by atoms with Gasteiger partial charge < -0.3 is 0 Å². The normalized spacial score (nSPS) is 14.7. The lowest BCUT2D eigenvalue weighted by Gasteiger charge is -2.07. The van der Waals surface area contributed by atoms with Crippen LogP contribution >= 0.6 is 23.2 Å². The maximum Gasteiger partial charge on any atom is 0.0966 e. The quantitative estimate of drug-likeness (QED) is 0.481. The number of allylic oxidation sites excluding steroid dienone is 1. The predicted molar refractivity (Wildman–Crippen MR) is 111 cm³/mol. The summed E-state index contributed by atoms with van der Waals surface area (Å²) in [5.74, 6) is 0. The molecule has 3 aromatic carbocycles. The Morgan fingerprint density at radius 3 is 2.12 bits per heavy atom. The summed E-state index contributed by atoms with van der Waals surface area (Å²) in [6, 6.07) is 23.2. The summed E-state index contributed by atoms with van der Waals surface area (Å²) >= 11 is 12.0. The molecule has 4 heteroatoms. The van der Waals surface area contributed by atoms with Gasteiger partial charge in [-0.3, -0.25) is 4.99 Å². The zero-order chi connectivity index (χ0) is 17.9. The maximum atomic E-state index is 6.05. The Bertz CT molecular complexity index is 1030. The summed E-state index contributed by atoms with van der Waals surface area (Å²) in [4.78, 5) is 9.59. The maximum absolute atomic E-state index is 6.05. The molecule has 0 unspecified atom stereocenters. The summed E-state index contributed by atoms with van der Waals surface area (Å²) in [6.45, 7) is 0. The Labute approximate surface area is 162 Å². The van der Waals surface area contributed by atoms with E-state index in [1.807, 2.05) is 85.1 Å². The van der Waals surface area contributed by atoms with Gasteiger partial charge in [0.1, 0.15) is 0 Å². The van der Waals surface area contributed by atoms with Crippen molar-refractivity contribution in [2.45, 2.75) is 0 Å². The molecule has 3 aromatic rings. The highest BCUT2D eigenvalue weighted by Crippen LogP contribution is 2.26. The fraction of sp³-hybridized carbons (Fsp3) is 0. The summed E-state index contributed by atoms with van der Waals surface area (Å²) in [7, 11) is 0. The molecule has 0 fully saturated rings. The molecule has 0 bridgehead atoms. The largest absolute Gasteiger partial charge is 0.254 e. The first-order valence-electron chi connectivity index (χ1n) is 8.14. The van der Waals surface area contributed by atoms with Crippen molar-refractivity contribution < 1.29 is 0 Å². The van der Waals surface area contributed by atoms with Crippen molar-refractivity contribution in [2.75, 3.05) is 0 Å². The Morgan fingerprint density at radius 1 is 0.731 bits per heavy atom. The molecule has 4 rings (SSSR count). The van der Waals surface area contributed by atoms with Crippen LogP contribution in [0.15, 0.2) is 88.5 Å². The molecule has 26 heavy (non-hydrogen) atoms. The van der Waals surface area contributed by atoms with Crippen molar-refractivity contribution in [1.82, 2.24) is 0 Å². The molecule has 0 aromatic heterocycles. The highest BCUT2D eigenvalue weighted by atomic mass is 35.5. The number of benzene rings is 3. The molecule has 1 aliphatic rings. The van der Waals surface area contributed by atoms with Crippen LogP contribution in [0.1, 0.15) is 16.7 Å². The number of hydrogen-bond donors (Lipinski definition) is 0. The van der Waals surface area contributed by atoms with Crippen LogP contribution in [0.4, 0.5) is 5.69 Å². The fourth-order valence-corrected chi connectivity index (χ4v) is 2.97.